The molecule has 3 aromatic carbocycles. The number of hydrogen-bond acceptors (Lipinski definition) is 0. The van der Waals surface area contributed by atoms with Crippen LogP contribution in [-0.2, 0) is 213 Å². The van der Waals surface area contributed by atoms with Crippen molar-refractivity contribution < 1.29 is 196 Å². The van der Waals surface area contributed by atoms with Gasteiger partial charge in [-0.05, 0) is 44.1 Å². The normalized spacial score (nSPS) is 16.0. The largest absolute Gasteiger partial charge is 0.699 e. The van der Waals surface area contributed by atoms with Crippen LogP contribution >= 0.6 is 0 Å². The van der Waals surface area contributed by atoms with Gasteiger partial charge >= 0.3 is 0 Å². The predicted octanol–water partition coefficient (Wildman–Crippen LogP) is 17.8. The second kappa shape index (κ2) is 38.2. The summed E-state index contributed by atoms with van der Waals surface area (Å²) in [7, 11) is 0. The van der Waals surface area contributed by atoms with E-state index in [2.05, 4.69) is 172 Å². The van der Waals surface area contributed by atoms with Crippen molar-refractivity contribution in [1.29, 1.82) is 0 Å². The molecule has 3 aromatic rings. The van der Waals surface area contributed by atoms with Gasteiger partial charge in [-0.15, -0.1) is 68.3 Å². The van der Waals surface area contributed by atoms with Gasteiger partial charge in [0.15, 0.2) is 0 Å². The first-order valence-electron chi connectivity index (χ1n) is 22.8. The molecule has 0 amide bonds. The van der Waals surface area contributed by atoms with Crippen LogP contribution in [0.5, 0.6) is 0 Å². The van der Waals surface area contributed by atoms with E-state index in [9.17, 15) is 0 Å². The van der Waals surface area contributed by atoms with E-state index < -0.39 is 0 Å². The van der Waals surface area contributed by atoms with Crippen LogP contribution in [0, 0.1) is 40.9 Å². The number of nitrogens with one attached hydrogen (secondary N) is 2. The molecule has 0 bridgehead atoms. The van der Waals surface area contributed by atoms with Gasteiger partial charge in [0.25, 0.3) is 0 Å². The summed E-state index contributed by atoms with van der Waals surface area (Å²) < 4.78 is 0. The fourth-order valence-electron chi connectivity index (χ4n) is 6.92. The summed E-state index contributed by atoms with van der Waals surface area (Å²) in [5, 5.41) is 12.8. The zero-order valence-corrected chi connectivity index (χ0v) is 62.6. The molecule has 360 valence electrons. The topological polar surface area (TPSA) is 89.9 Å². The van der Waals surface area contributed by atoms with Crippen molar-refractivity contribution >= 4 is 11.4 Å². The summed E-state index contributed by atoms with van der Waals surface area (Å²) in [6.45, 7) is 51.0. The summed E-state index contributed by atoms with van der Waals surface area (Å²) in [5.41, 5.74) is 23.0. The molecular weight excluding hydrogens is 1260 g/mol. The maximum Gasteiger partial charge on any atom is 0 e. The van der Waals surface area contributed by atoms with E-state index >= 15 is 0 Å². The third kappa shape index (κ3) is 35.8. The quantitative estimate of drug-likeness (QED) is 0.201. The monoisotopic (exact) mass is 1360 g/mol. The maximum absolute atomic E-state index is 7.42. The van der Waals surface area contributed by atoms with E-state index in [-0.39, 0.29) is 213 Å². The van der Waals surface area contributed by atoms with Gasteiger partial charge in [-0.25, -0.2) is 0 Å². The van der Waals surface area contributed by atoms with Gasteiger partial charge in [0.2, 0.25) is 0 Å². The van der Waals surface area contributed by atoms with E-state index in [0.29, 0.717) is 27.6 Å². The molecule has 3 saturated heterocycles. The second-order valence-electron chi connectivity index (χ2n) is 23.5. The molecule has 11 heteroatoms. The molecule has 6 radical (unpaired) electrons. The minimum absolute atomic E-state index is 0. The maximum atomic E-state index is 7.42. The molecule has 3 heterocycles. The molecule has 1 unspecified atom stereocenters. The molecule has 66 heavy (non-hydrogen) atoms. The molecule has 0 aliphatic carbocycles. The summed E-state index contributed by atoms with van der Waals surface area (Å²) in [6.07, 6.45) is 3.93. The van der Waals surface area contributed by atoms with Gasteiger partial charge in [0, 0.05) is 196 Å². The Kier molecular flexibility index (Phi) is 46.9. The van der Waals surface area contributed by atoms with E-state index in [4.69, 9.17) is 11.5 Å². The van der Waals surface area contributed by atoms with Crippen LogP contribution in [0.3, 0.4) is 0 Å². The Labute approximate surface area is 561 Å². The predicted molar refractivity (Wildman–Crippen MR) is 270 cm³/mol. The van der Waals surface area contributed by atoms with Crippen LogP contribution in [0.1, 0.15) is 166 Å². The molecule has 6 rings (SSSR count). The summed E-state index contributed by atoms with van der Waals surface area (Å²) in [4.78, 5) is 0. The van der Waals surface area contributed by atoms with Gasteiger partial charge in [-0.3, -0.25) is 0 Å². The molecule has 0 saturated carbocycles. The molecular formula is C55H91N5Y6-6. The minimum atomic E-state index is 0. The molecule has 3 fully saturated rings. The van der Waals surface area contributed by atoms with Crippen molar-refractivity contribution in [2.75, 3.05) is 39.3 Å². The summed E-state index contributed by atoms with van der Waals surface area (Å²) in [6, 6.07) is 23.7. The number of rotatable bonds is 0. The van der Waals surface area contributed by atoms with Crippen LogP contribution in [0.15, 0.2) is 72.8 Å². The SMILES string of the molecule is CC(C)(C)C1CC[N-]C1.CC(C)(C)C1CC[N-]CC1.CC(C)(C)C1C[N-]C1.CC(C)(C)c1ccc([NH-])cc1.CC(C)(C)c1cccc([NH-])c1.[CH2-]c1ccccc1C(C)(C)C.[Y].[Y].[Y].[Y].[Y].[Y]. The Morgan fingerprint density at radius 2 is 0.818 bits per heavy atom. The molecule has 1 atom stereocenters. The Morgan fingerprint density at radius 1 is 0.409 bits per heavy atom. The average Bonchev–Trinajstić information content (AvgIpc) is 3.64. The molecule has 0 spiro atoms. The van der Waals surface area contributed by atoms with Crippen molar-refractivity contribution in [2.45, 2.75) is 160 Å². The fraction of sp³-hybridized carbons (Fsp3) is 0.655. The van der Waals surface area contributed by atoms with Crippen LogP contribution in [0.25, 0.3) is 27.4 Å². The first-order chi connectivity index (χ1) is 27.3. The average molecular weight is 1360 g/mol. The van der Waals surface area contributed by atoms with Crippen LogP contribution < -0.4 is 0 Å². The molecule has 3 aliphatic rings. The zero-order valence-electron chi connectivity index (χ0n) is 45.5. The number of benzene rings is 3. The van der Waals surface area contributed by atoms with Gasteiger partial charge < -0.3 is 27.4 Å². The van der Waals surface area contributed by atoms with Crippen molar-refractivity contribution in [2.24, 2.45) is 34.0 Å². The second-order valence-corrected chi connectivity index (χ2v) is 23.5. The Morgan fingerprint density at radius 3 is 1.08 bits per heavy atom. The van der Waals surface area contributed by atoms with E-state index in [1.165, 1.54) is 36.0 Å². The standard InChI is InChI=1S/C11H15.2C10H14N.C9H18N.C8H16N.C7H14N.6Y/c1-9-7-5-6-8-10(9)11(2,3)4;1-10(2,3)8-4-6-9(11)7-5-8;1-10(2,3)8-5-4-6-9(11)7-8;1-9(2,3)8-4-6-10-7-5-8;1-8(2,3)7-4-5-9-6-7;1-7(2,3)6-4-8-5-6;;;;;;/h5-8H,1H2,2-4H3;2*4-7,11H,1-3H3;8H,4-7H2,1-3H3;7H,4-6H2,1-3H3;6H,4-5H2,1-3H3;;;;;;/q6*-1;;;;;;. The molecule has 3 aliphatic heterocycles. The third-order valence-corrected chi connectivity index (χ3v) is 11.9. The summed E-state index contributed by atoms with van der Waals surface area (Å²) in [5.74, 6) is 2.62. The van der Waals surface area contributed by atoms with E-state index in [0.717, 1.165) is 62.6 Å². The van der Waals surface area contributed by atoms with Crippen molar-refractivity contribution in [3.8, 4) is 0 Å². The van der Waals surface area contributed by atoms with E-state index in [1.54, 1.807) is 6.07 Å². The van der Waals surface area contributed by atoms with Crippen molar-refractivity contribution in [1.82, 2.24) is 0 Å². The first kappa shape index (κ1) is 81.0. The van der Waals surface area contributed by atoms with E-state index in [1.807, 2.05) is 42.5 Å². The summed E-state index contributed by atoms with van der Waals surface area (Å²) >= 11 is 0. The number of piperidine rings is 1. The Hall–Kier alpha value is 3.63. The Bertz CT molecular complexity index is 1610. The molecule has 5 nitrogen and oxygen atoms in total. The number of nitrogens with zero attached hydrogens (tertiary/aromatic N) is 3. The van der Waals surface area contributed by atoms with Crippen LogP contribution in [-0.4, -0.2) is 39.3 Å². The smallest absolute Gasteiger partial charge is 0 e. The fourth-order valence-corrected chi connectivity index (χ4v) is 6.92. The molecule has 0 aromatic heterocycles. The zero-order chi connectivity index (χ0) is 46.2. The van der Waals surface area contributed by atoms with Gasteiger partial charge in [-0.2, -0.15) is 18.6 Å². The first-order valence-corrected chi connectivity index (χ1v) is 22.8. The Balaban J connectivity index is -0.000000161. The number of hydrogen-bond donors (Lipinski definition) is 0. The van der Waals surface area contributed by atoms with Crippen LogP contribution in [0.4, 0.5) is 11.4 Å². The minimum Gasteiger partial charge on any atom is -0.699 e. The molecule has 2 N–H and O–H groups in total. The van der Waals surface area contributed by atoms with Crippen molar-refractivity contribution in [3.63, 3.8) is 0 Å². The van der Waals surface area contributed by atoms with Gasteiger partial charge in [-0.1, -0.05) is 216 Å². The van der Waals surface area contributed by atoms with Gasteiger partial charge in [0.05, 0.1) is 0 Å². The van der Waals surface area contributed by atoms with Crippen LogP contribution in [0.2, 0.25) is 0 Å². The van der Waals surface area contributed by atoms with Crippen molar-refractivity contribution in [3.05, 3.63) is 129 Å². The van der Waals surface area contributed by atoms with Gasteiger partial charge in [0.1, 0.15) is 0 Å². The third-order valence-electron chi connectivity index (χ3n) is 11.9.